The number of halogens is 2. The summed E-state index contributed by atoms with van der Waals surface area (Å²) in [6.45, 7) is 2.51. The fraction of sp³-hybridized carbons (Fsp3) is 0.125. The van der Waals surface area contributed by atoms with Crippen molar-refractivity contribution < 1.29 is 4.39 Å². The predicted octanol–water partition coefficient (Wildman–Crippen LogP) is 4.58. The van der Waals surface area contributed by atoms with Crippen LogP contribution in [-0.2, 0) is 0 Å². The summed E-state index contributed by atoms with van der Waals surface area (Å²) < 4.78 is 14.1. The molecule has 5 heteroatoms. The fourth-order valence-corrected chi connectivity index (χ4v) is 2.53. The van der Waals surface area contributed by atoms with E-state index in [4.69, 9.17) is 11.6 Å². The highest BCUT2D eigenvalue weighted by molar-refractivity contribution is 6.28. The molecule has 0 saturated carbocycles. The molecule has 1 aromatic heterocycles. The van der Waals surface area contributed by atoms with Gasteiger partial charge in [0.1, 0.15) is 0 Å². The lowest BCUT2D eigenvalue weighted by Gasteiger charge is -2.24. The number of nitrogens with zero attached hydrogens (tertiary/aromatic N) is 3. The summed E-state index contributed by atoms with van der Waals surface area (Å²) in [5.74, 6) is -0.303. The monoisotopic (exact) mass is 301 g/mol. The zero-order chi connectivity index (χ0) is 14.8. The van der Waals surface area contributed by atoms with Gasteiger partial charge in [0.05, 0.1) is 11.9 Å². The van der Waals surface area contributed by atoms with Gasteiger partial charge in [-0.1, -0.05) is 36.4 Å². The summed E-state index contributed by atoms with van der Waals surface area (Å²) in [4.78, 5) is 9.49. The van der Waals surface area contributed by atoms with Crippen molar-refractivity contribution in [2.75, 3.05) is 11.4 Å². The molecule has 0 N–H and O–H groups in total. The average molecular weight is 302 g/mol. The molecule has 0 saturated heterocycles. The van der Waals surface area contributed by atoms with Crippen molar-refractivity contribution in [2.24, 2.45) is 0 Å². The molecule has 1 heterocycles. The second-order valence-corrected chi connectivity index (χ2v) is 4.89. The van der Waals surface area contributed by atoms with Gasteiger partial charge in [0.2, 0.25) is 5.28 Å². The first-order valence-electron chi connectivity index (χ1n) is 6.64. The third-order valence-corrected chi connectivity index (χ3v) is 3.51. The van der Waals surface area contributed by atoms with E-state index in [2.05, 4.69) is 9.97 Å². The Hall–Kier alpha value is -2.20. The third-order valence-electron chi connectivity index (χ3n) is 3.33. The molecule has 0 bridgehead atoms. The molecule has 3 nitrogen and oxygen atoms in total. The molecular weight excluding hydrogens is 289 g/mol. The minimum Gasteiger partial charge on any atom is -0.324 e. The second kappa shape index (κ2) is 5.66. The van der Waals surface area contributed by atoms with Gasteiger partial charge in [-0.15, -0.1) is 0 Å². The molecule has 0 aliphatic heterocycles. The maximum atomic E-state index is 14.1. The van der Waals surface area contributed by atoms with Crippen LogP contribution in [0.4, 0.5) is 15.9 Å². The van der Waals surface area contributed by atoms with Crippen molar-refractivity contribution in [1.82, 2.24) is 9.97 Å². The van der Waals surface area contributed by atoms with Crippen LogP contribution in [0.2, 0.25) is 5.28 Å². The Bertz CT molecular complexity index is 786. The van der Waals surface area contributed by atoms with Gasteiger partial charge in [-0.05, 0) is 30.0 Å². The van der Waals surface area contributed by atoms with Crippen LogP contribution in [0, 0.1) is 5.82 Å². The lowest BCUT2D eigenvalue weighted by atomic mass is 10.1. The van der Waals surface area contributed by atoms with Crippen LogP contribution in [0.1, 0.15) is 6.92 Å². The number of aromatic nitrogens is 2. The van der Waals surface area contributed by atoms with Crippen molar-refractivity contribution in [1.29, 1.82) is 0 Å². The zero-order valence-electron chi connectivity index (χ0n) is 11.4. The maximum Gasteiger partial charge on any atom is 0.224 e. The summed E-state index contributed by atoms with van der Waals surface area (Å²) >= 11 is 5.81. The van der Waals surface area contributed by atoms with Gasteiger partial charge in [0, 0.05) is 11.9 Å². The van der Waals surface area contributed by atoms with Gasteiger partial charge >= 0.3 is 0 Å². The van der Waals surface area contributed by atoms with Crippen LogP contribution in [0.25, 0.3) is 10.8 Å². The molecule has 106 valence electrons. The van der Waals surface area contributed by atoms with Crippen molar-refractivity contribution in [3.63, 3.8) is 0 Å². The number of fused-ring (bicyclic) bond motifs is 1. The largest absolute Gasteiger partial charge is 0.324 e. The third kappa shape index (κ3) is 2.54. The van der Waals surface area contributed by atoms with Gasteiger partial charge in [-0.25, -0.2) is 9.37 Å². The summed E-state index contributed by atoms with van der Waals surface area (Å²) in [5.41, 5.74) is 0.893. The van der Waals surface area contributed by atoms with E-state index in [-0.39, 0.29) is 11.1 Å². The van der Waals surface area contributed by atoms with E-state index in [9.17, 15) is 4.39 Å². The molecule has 21 heavy (non-hydrogen) atoms. The number of rotatable bonds is 3. The SMILES string of the molecule is CCN(c1nc(Cl)ncc1F)c1cccc2ccccc12. The van der Waals surface area contributed by atoms with Crippen molar-refractivity contribution in [2.45, 2.75) is 6.92 Å². The molecule has 0 amide bonds. The first-order chi connectivity index (χ1) is 10.2. The summed E-state index contributed by atoms with van der Waals surface area (Å²) in [6, 6.07) is 13.9. The Morgan fingerprint density at radius 3 is 2.71 bits per heavy atom. The summed E-state index contributed by atoms with van der Waals surface area (Å²) in [7, 11) is 0. The van der Waals surface area contributed by atoms with Crippen LogP contribution in [0.15, 0.2) is 48.7 Å². The zero-order valence-corrected chi connectivity index (χ0v) is 12.2. The predicted molar refractivity (Wildman–Crippen MR) is 83.6 cm³/mol. The van der Waals surface area contributed by atoms with E-state index >= 15 is 0 Å². The average Bonchev–Trinajstić information content (AvgIpc) is 2.51. The Labute approximate surface area is 127 Å². The molecule has 0 atom stereocenters. The van der Waals surface area contributed by atoms with Gasteiger partial charge in [0.15, 0.2) is 11.6 Å². The molecule has 0 aliphatic rings. The van der Waals surface area contributed by atoms with E-state index in [0.717, 1.165) is 22.7 Å². The quantitative estimate of drug-likeness (QED) is 0.663. The van der Waals surface area contributed by atoms with Crippen LogP contribution < -0.4 is 4.90 Å². The van der Waals surface area contributed by atoms with Crippen molar-refractivity contribution >= 4 is 33.9 Å². The number of benzene rings is 2. The molecule has 0 fully saturated rings. The first-order valence-corrected chi connectivity index (χ1v) is 7.02. The Morgan fingerprint density at radius 1 is 1.14 bits per heavy atom. The lowest BCUT2D eigenvalue weighted by Crippen LogP contribution is -2.19. The van der Waals surface area contributed by atoms with Crippen LogP contribution >= 0.6 is 11.6 Å². The minimum atomic E-state index is -0.491. The standard InChI is InChI=1S/C16H13ClFN3/c1-2-21(15-13(18)10-19-16(17)20-15)14-9-5-7-11-6-3-4-8-12(11)14/h3-10H,2H2,1H3. The van der Waals surface area contributed by atoms with E-state index in [1.54, 1.807) is 4.90 Å². The van der Waals surface area contributed by atoms with Gasteiger partial charge in [-0.3, -0.25) is 0 Å². The Balaban J connectivity index is 2.21. The summed E-state index contributed by atoms with van der Waals surface area (Å²) in [5, 5.41) is 2.16. The van der Waals surface area contributed by atoms with Crippen LogP contribution in [0.3, 0.4) is 0 Å². The highest BCUT2D eigenvalue weighted by Gasteiger charge is 2.17. The molecule has 3 aromatic rings. The molecule has 0 radical (unpaired) electrons. The summed E-state index contributed by atoms with van der Waals surface area (Å²) in [6.07, 6.45) is 1.10. The highest BCUT2D eigenvalue weighted by Crippen LogP contribution is 2.32. The molecule has 0 unspecified atom stereocenters. The van der Waals surface area contributed by atoms with Gasteiger partial charge < -0.3 is 4.90 Å². The molecule has 3 rings (SSSR count). The van der Waals surface area contributed by atoms with E-state index < -0.39 is 5.82 Å². The topological polar surface area (TPSA) is 29.0 Å². The smallest absolute Gasteiger partial charge is 0.224 e. The molecular formula is C16H13ClFN3. The van der Waals surface area contributed by atoms with E-state index in [1.165, 1.54) is 0 Å². The maximum absolute atomic E-state index is 14.1. The minimum absolute atomic E-state index is 0.0325. The Kier molecular flexibility index (Phi) is 3.71. The number of hydrogen-bond acceptors (Lipinski definition) is 3. The van der Waals surface area contributed by atoms with Crippen molar-refractivity contribution in [3.05, 3.63) is 59.8 Å². The normalized spacial score (nSPS) is 10.8. The Morgan fingerprint density at radius 2 is 1.90 bits per heavy atom. The fourth-order valence-electron chi connectivity index (χ4n) is 2.40. The number of anilines is 2. The van der Waals surface area contributed by atoms with E-state index in [0.29, 0.717) is 6.54 Å². The second-order valence-electron chi connectivity index (χ2n) is 4.55. The van der Waals surface area contributed by atoms with Crippen LogP contribution in [0.5, 0.6) is 0 Å². The molecule has 0 aliphatic carbocycles. The number of hydrogen-bond donors (Lipinski definition) is 0. The van der Waals surface area contributed by atoms with Crippen molar-refractivity contribution in [3.8, 4) is 0 Å². The lowest BCUT2D eigenvalue weighted by molar-refractivity contribution is 0.611. The molecule has 0 spiro atoms. The highest BCUT2D eigenvalue weighted by atomic mass is 35.5. The molecule has 2 aromatic carbocycles. The van der Waals surface area contributed by atoms with Crippen LogP contribution in [-0.4, -0.2) is 16.5 Å². The van der Waals surface area contributed by atoms with Gasteiger partial charge in [-0.2, -0.15) is 4.98 Å². The van der Waals surface area contributed by atoms with Gasteiger partial charge in [0.25, 0.3) is 0 Å². The van der Waals surface area contributed by atoms with E-state index in [1.807, 2.05) is 49.4 Å². The first kappa shape index (κ1) is 13.8.